The van der Waals surface area contributed by atoms with Crippen molar-refractivity contribution in [2.75, 3.05) is 10.4 Å². The Balaban J connectivity index is 1.31. The SMILES string of the molecule is CC1=NN(c2ccc(C)c(C)c2)C(=O)/C1=N\Nc1cccc(C2CCCC(C3OC(C)O3)C2)c1O. The Morgan fingerprint density at radius 1 is 1.11 bits per heavy atom. The van der Waals surface area contributed by atoms with Crippen LogP contribution in [0.25, 0.3) is 0 Å². The molecule has 2 aromatic carbocycles. The first kappa shape index (κ1) is 23.5. The number of carbonyl (C=O) groups is 1. The van der Waals surface area contributed by atoms with Crippen molar-refractivity contribution < 1.29 is 19.4 Å². The lowest BCUT2D eigenvalue weighted by Gasteiger charge is -2.42. The summed E-state index contributed by atoms with van der Waals surface area (Å²) in [6.07, 6.45) is 3.76. The van der Waals surface area contributed by atoms with Gasteiger partial charge in [0, 0.05) is 5.92 Å². The van der Waals surface area contributed by atoms with E-state index < -0.39 is 0 Å². The molecule has 1 amide bonds. The number of amides is 1. The summed E-state index contributed by atoms with van der Waals surface area (Å²) in [4.78, 5) is 13.0. The smallest absolute Gasteiger partial charge is 0.301 e. The van der Waals surface area contributed by atoms with Crippen LogP contribution in [-0.4, -0.2) is 35.0 Å². The van der Waals surface area contributed by atoms with Crippen molar-refractivity contribution in [2.45, 2.75) is 71.9 Å². The minimum Gasteiger partial charge on any atom is -0.505 e. The molecule has 3 aliphatic rings. The van der Waals surface area contributed by atoms with Gasteiger partial charge < -0.3 is 14.6 Å². The van der Waals surface area contributed by atoms with E-state index in [0.29, 0.717) is 23.0 Å². The molecule has 1 saturated carbocycles. The number of carbonyl (C=O) groups excluding carboxylic acids is 1. The molecule has 2 aliphatic heterocycles. The van der Waals surface area contributed by atoms with E-state index in [2.05, 4.69) is 15.6 Å². The number of rotatable bonds is 5. The highest BCUT2D eigenvalue weighted by atomic mass is 16.9. The molecule has 0 spiro atoms. The summed E-state index contributed by atoms with van der Waals surface area (Å²) in [6, 6.07) is 11.4. The van der Waals surface area contributed by atoms with Gasteiger partial charge >= 0.3 is 5.91 Å². The van der Waals surface area contributed by atoms with Gasteiger partial charge in [-0.3, -0.25) is 10.2 Å². The molecule has 2 N–H and O–H groups in total. The number of aromatic hydroxyl groups is 1. The van der Waals surface area contributed by atoms with Crippen LogP contribution in [0.5, 0.6) is 5.75 Å². The highest BCUT2D eigenvalue weighted by molar-refractivity contribution is 6.71. The lowest BCUT2D eigenvalue weighted by Crippen LogP contribution is -2.45. The molecular weight excluding hydrogens is 444 g/mol. The first-order chi connectivity index (χ1) is 16.8. The Kier molecular flexibility index (Phi) is 6.34. The van der Waals surface area contributed by atoms with Gasteiger partial charge in [-0.2, -0.15) is 15.2 Å². The van der Waals surface area contributed by atoms with Crippen molar-refractivity contribution in [3.63, 3.8) is 0 Å². The zero-order valence-electron chi connectivity index (χ0n) is 20.6. The summed E-state index contributed by atoms with van der Waals surface area (Å²) < 4.78 is 11.4. The number of nitrogens with one attached hydrogen (secondary N) is 1. The number of phenolic OH excluding ortho intramolecular Hbond substituents is 1. The van der Waals surface area contributed by atoms with Crippen molar-refractivity contribution in [1.82, 2.24) is 0 Å². The van der Waals surface area contributed by atoms with Crippen molar-refractivity contribution in [2.24, 2.45) is 16.1 Å². The van der Waals surface area contributed by atoms with Gasteiger partial charge in [-0.15, -0.1) is 0 Å². The Morgan fingerprint density at radius 3 is 2.66 bits per heavy atom. The molecule has 8 nitrogen and oxygen atoms in total. The van der Waals surface area contributed by atoms with Crippen LogP contribution < -0.4 is 10.4 Å². The highest BCUT2D eigenvalue weighted by Crippen LogP contribution is 2.45. The normalized spacial score (nSPS) is 27.7. The van der Waals surface area contributed by atoms with E-state index in [9.17, 15) is 9.90 Å². The second kappa shape index (κ2) is 9.43. The third-order valence-electron chi connectivity index (χ3n) is 7.27. The molecule has 1 aliphatic carbocycles. The highest BCUT2D eigenvalue weighted by Gasteiger charge is 2.38. The maximum Gasteiger partial charge on any atom is 0.301 e. The summed E-state index contributed by atoms with van der Waals surface area (Å²) in [5, 5.41) is 21.2. The molecule has 0 aromatic heterocycles. The molecule has 2 heterocycles. The largest absolute Gasteiger partial charge is 0.505 e. The number of hydrogen-bond donors (Lipinski definition) is 2. The molecule has 1 saturated heterocycles. The van der Waals surface area contributed by atoms with Crippen LogP contribution in [0.1, 0.15) is 62.1 Å². The molecule has 5 rings (SSSR count). The zero-order valence-corrected chi connectivity index (χ0v) is 20.6. The van der Waals surface area contributed by atoms with Gasteiger partial charge in [-0.25, -0.2) is 0 Å². The average molecular weight is 477 g/mol. The van der Waals surface area contributed by atoms with Crippen molar-refractivity contribution in [3.8, 4) is 5.75 Å². The van der Waals surface area contributed by atoms with Gasteiger partial charge in [0.15, 0.2) is 18.3 Å². The van der Waals surface area contributed by atoms with Gasteiger partial charge in [-0.1, -0.05) is 24.6 Å². The molecular formula is C27H32N4O4. The van der Waals surface area contributed by atoms with Gasteiger partial charge in [0.1, 0.15) is 5.75 Å². The van der Waals surface area contributed by atoms with Crippen LogP contribution in [0, 0.1) is 19.8 Å². The van der Waals surface area contributed by atoms with Crippen LogP contribution in [0.4, 0.5) is 11.4 Å². The van der Waals surface area contributed by atoms with Crippen LogP contribution in [-0.2, 0) is 14.3 Å². The number of benzene rings is 2. The monoisotopic (exact) mass is 476 g/mol. The lowest BCUT2D eigenvalue weighted by molar-refractivity contribution is -0.394. The summed E-state index contributed by atoms with van der Waals surface area (Å²) in [5.74, 6) is 0.395. The standard InChI is InChI=1S/C27H32N4O4/c1-15-11-12-21(13-16(15)2)31-26(33)24(17(3)30-31)29-28-23-10-6-9-22(25(23)32)19-7-5-8-20(14-19)27-34-18(4)35-27/h6,9-13,18-20,27-28,32H,5,7-8,14H2,1-4H3/b29-24-. The maximum absolute atomic E-state index is 13.0. The molecule has 184 valence electrons. The number of para-hydroxylation sites is 1. The van der Waals surface area contributed by atoms with E-state index in [1.165, 1.54) is 5.01 Å². The zero-order chi connectivity index (χ0) is 24.7. The predicted molar refractivity (Wildman–Crippen MR) is 136 cm³/mol. The van der Waals surface area contributed by atoms with Crippen LogP contribution in [0.2, 0.25) is 0 Å². The molecule has 0 bridgehead atoms. The molecule has 2 fully saturated rings. The van der Waals surface area contributed by atoms with Crippen molar-refractivity contribution in [3.05, 3.63) is 53.1 Å². The average Bonchev–Trinajstić information content (AvgIpc) is 3.11. The van der Waals surface area contributed by atoms with Crippen LogP contribution >= 0.6 is 0 Å². The number of nitrogens with zero attached hydrogens (tertiary/aromatic N) is 3. The van der Waals surface area contributed by atoms with E-state index >= 15 is 0 Å². The van der Waals surface area contributed by atoms with Crippen LogP contribution in [0.15, 0.2) is 46.6 Å². The van der Waals surface area contributed by atoms with Gasteiger partial charge in [0.25, 0.3) is 0 Å². The van der Waals surface area contributed by atoms with E-state index in [1.54, 1.807) is 13.0 Å². The van der Waals surface area contributed by atoms with Gasteiger partial charge in [-0.05, 0) is 87.8 Å². The summed E-state index contributed by atoms with van der Waals surface area (Å²) in [5.41, 5.74) is 7.93. The quantitative estimate of drug-likeness (QED) is 0.457. The predicted octanol–water partition coefficient (Wildman–Crippen LogP) is 5.19. The van der Waals surface area contributed by atoms with Gasteiger partial charge in [0.05, 0.1) is 17.1 Å². The van der Waals surface area contributed by atoms with E-state index in [0.717, 1.165) is 42.4 Å². The minimum atomic E-state index is -0.307. The first-order valence-corrected chi connectivity index (χ1v) is 12.3. The molecule has 35 heavy (non-hydrogen) atoms. The molecule has 0 radical (unpaired) electrons. The van der Waals surface area contributed by atoms with Gasteiger partial charge in [0.2, 0.25) is 0 Å². The van der Waals surface area contributed by atoms with E-state index in [4.69, 9.17) is 9.47 Å². The first-order valence-electron chi connectivity index (χ1n) is 12.3. The fraction of sp³-hybridized carbons (Fsp3) is 0.444. The third-order valence-corrected chi connectivity index (χ3v) is 7.27. The molecule has 8 heteroatoms. The van der Waals surface area contributed by atoms with E-state index in [-0.39, 0.29) is 35.9 Å². The molecule has 2 atom stereocenters. The summed E-state index contributed by atoms with van der Waals surface area (Å²) in [6.45, 7) is 7.69. The number of anilines is 2. The minimum absolute atomic E-state index is 0.128. The second-order valence-electron chi connectivity index (χ2n) is 9.72. The van der Waals surface area contributed by atoms with E-state index in [1.807, 2.05) is 51.1 Å². The number of aryl methyl sites for hydroxylation is 2. The molecule has 2 unspecified atom stereocenters. The molecule has 2 aromatic rings. The Labute approximate surface area is 205 Å². The van der Waals surface area contributed by atoms with Crippen molar-refractivity contribution >= 4 is 28.7 Å². The Morgan fingerprint density at radius 2 is 1.91 bits per heavy atom. The van der Waals surface area contributed by atoms with Crippen molar-refractivity contribution in [1.29, 1.82) is 0 Å². The fourth-order valence-electron chi connectivity index (χ4n) is 5.12. The Bertz CT molecular complexity index is 1200. The van der Waals surface area contributed by atoms with Crippen LogP contribution in [0.3, 0.4) is 0 Å². The lowest BCUT2D eigenvalue weighted by atomic mass is 9.77. The number of phenols is 1. The number of ether oxygens (including phenoxy) is 2. The maximum atomic E-state index is 13.0. The second-order valence-corrected chi connectivity index (χ2v) is 9.72. The number of hydrazone groups is 2. The fourth-order valence-corrected chi connectivity index (χ4v) is 5.12. The Hall–Kier alpha value is -3.23. The third kappa shape index (κ3) is 4.56. The summed E-state index contributed by atoms with van der Waals surface area (Å²) in [7, 11) is 0. The summed E-state index contributed by atoms with van der Waals surface area (Å²) >= 11 is 0. The number of hydrogen-bond acceptors (Lipinski definition) is 7. The topological polar surface area (TPSA) is 95.8 Å².